The van der Waals surface area contributed by atoms with Crippen molar-refractivity contribution in [3.8, 4) is 0 Å². The maximum absolute atomic E-state index is 13.0. The maximum atomic E-state index is 13.0. The number of unbranched alkanes of at least 4 members (excludes halogenated alkanes) is 33. The van der Waals surface area contributed by atoms with Crippen molar-refractivity contribution < 1.29 is 80.2 Å². The molecule has 0 radical (unpaired) electrons. The SMILES string of the molecule is CCCCCCCCCCCCCCCCCC(=O)O[C@H](COC(=O)CCCCCCCCCCCC(C)C)COP(=O)(O)OC[C@@H](O)COP(=O)(O)OC[C@@H](COC(=O)CCCCCCCCC(C)CC)OC(=O)CCCCCCCCCC(C)C. The monoisotopic (exact) mass is 1280 g/mol. The Balaban J connectivity index is 5.25. The summed E-state index contributed by atoms with van der Waals surface area (Å²) in [5, 5.41) is 10.6. The molecule has 19 heteroatoms. The van der Waals surface area contributed by atoms with Crippen LogP contribution in [-0.2, 0) is 65.4 Å². The third-order valence-electron chi connectivity index (χ3n) is 16.0. The van der Waals surface area contributed by atoms with Crippen molar-refractivity contribution >= 4 is 39.5 Å². The molecule has 17 nitrogen and oxygen atoms in total. The average molecular weight is 1280 g/mol. The molecule has 0 heterocycles. The number of phosphoric acid groups is 2. The third kappa shape index (κ3) is 61.3. The van der Waals surface area contributed by atoms with Crippen molar-refractivity contribution in [3.05, 3.63) is 0 Å². The fourth-order valence-electron chi connectivity index (χ4n) is 10.2. The normalized spacial score (nSPS) is 14.6. The molecule has 0 saturated heterocycles. The minimum absolute atomic E-state index is 0.102. The Labute approximate surface area is 530 Å². The Hall–Kier alpha value is -1.94. The summed E-state index contributed by atoms with van der Waals surface area (Å²) in [7, 11) is -9.90. The number of carbonyl (C=O) groups excluding carboxylic acids is 4. The van der Waals surface area contributed by atoms with Gasteiger partial charge in [0.15, 0.2) is 12.2 Å². The summed E-state index contributed by atoms with van der Waals surface area (Å²) in [6.45, 7) is 11.7. The predicted octanol–water partition coefficient (Wildman–Crippen LogP) is 19.1. The lowest BCUT2D eigenvalue weighted by Gasteiger charge is -2.21. The molecule has 0 saturated carbocycles. The highest BCUT2D eigenvalue weighted by Crippen LogP contribution is 2.45. The molecule has 0 aliphatic rings. The van der Waals surface area contributed by atoms with Crippen molar-refractivity contribution in [2.45, 2.75) is 356 Å². The van der Waals surface area contributed by atoms with E-state index < -0.39 is 97.5 Å². The largest absolute Gasteiger partial charge is 0.472 e. The van der Waals surface area contributed by atoms with E-state index in [1.165, 1.54) is 141 Å². The second-order valence-corrected chi connectivity index (χ2v) is 28.7. The first-order valence-electron chi connectivity index (χ1n) is 35.4. The van der Waals surface area contributed by atoms with E-state index in [1.54, 1.807) is 0 Å². The van der Waals surface area contributed by atoms with Crippen LogP contribution in [0.15, 0.2) is 0 Å². The molecule has 0 bridgehead atoms. The number of rotatable bonds is 66. The molecule has 0 aromatic carbocycles. The third-order valence-corrected chi connectivity index (χ3v) is 17.9. The van der Waals surface area contributed by atoms with Crippen LogP contribution in [0.25, 0.3) is 0 Å². The number of carbonyl (C=O) groups is 4. The number of ether oxygens (including phenoxy) is 4. The summed E-state index contributed by atoms with van der Waals surface area (Å²) in [5.74, 6) is 0.0387. The van der Waals surface area contributed by atoms with Crippen LogP contribution in [0.5, 0.6) is 0 Å². The average Bonchev–Trinajstić information content (AvgIpc) is 3.50. The summed E-state index contributed by atoms with van der Waals surface area (Å²) in [6, 6.07) is 0. The molecule has 0 aromatic rings. The number of esters is 4. The Morgan fingerprint density at radius 1 is 0.333 bits per heavy atom. The zero-order chi connectivity index (χ0) is 64.5. The van der Waals surface area contributed by atoms with Crippen LogP contribution in [-0.4, -0.2) is 96.7 Å². The number of hydrogen-bond donors (Lipinski definition) is 3. The number of aliphatic hydroxyl groups excluding tert-OH is 1. The summed E-state index contributed by atoms with van der Waals surface area (Å²) in [5.41, 5.74) is 0. The molecular weight excluding hydrogens is 1150 g/mol. The molecule has 0 spiro atoms. The van der Waals surface area contributed by atoms with E-state index in [1.807, 2.05) is 0 Å². The molecule has 6 atom stereocenters. The van der Waals surface area contributed by atoms with Gasteiger partial charge >= 0.3 is 39.5 Å². The number of hydrogen-bond acceptors (Lipinski definition) is 15. The zero-order valence-corrected chi connectivity index (χ0v) is 58.3. The molecule has 0 fully saturated rings. The highest BCUT2D eigenvalue weighted by atomic mass is 31.2. The molecule has 0 aliphatic heterocycles. The molecular formula is C68H132O17P2. The lowest BCUT2D eigenvalue weighted by molar-refractivity contribution is -0.161. The van der Waals surface area contributed by atoms with Gasteiger partial charge in [-0.3, -0.25) is 37.3 Å². The van der Waals surface area contributed by atoms with Gasteiger partial charge in [-0.15, -0.1) is 0 Å². The molecule has 516 valence electrons. The minimum atomic E-state index is -4.95. The fourth-order valence-corrected chi connectivity index (χ4v) is 11.7. The second-order valence-electron chi connectivity index (χ2n) is 25.8. The van der Waals surface area contributed by atoms with Crippen molar-refractivity contribution in [3.63, 3.8) is 0 Å². The highest BCUT2D eigenvalue weighted by molar-refractivity contribution is 7.47. The van der Waals surface area contributed by atoms with Gasteiger partial charge in [-0.05, 0) is 43.4 Å². The van der Waals surface area contributed by atoms with Crippen molar-refractivity contribution in [1.82, 2.24) is 0 Å². The van der Waals surface area contributed by atoms with E-state index in [0.717, 1.165) is 108 Å². The Bertz CT molecular complexity index is 1720. The van der Waals surface area contributed by atoms with Gasteiger partial charge < -0.3 is 33.8 Å². The van der Waals surface area contributed by atoms with Gasteiger partial charge in [-0.1, -0.05) is 286 Å². The van der Waals surface area contributed by atoms with Gasteiger partial charge in [0.05, 0.1) is 26.4 Å². The van der Waals surface area contributed by atoms with Crippen LogP contribution in [0, 0.1) is 17.8 Å². The van der Waals surface area contributed by atoms with Gasteiger partial charge in [0.2, 0.25) is 0 Å². The smallest absolute Gasteiger partial charge is 0.462 e. The van der Waals surface area contributed by atoms with Crippen LogP contribution in [0.3, 0.4) is 0 Å². The Morgan fingerprint density at radius 3 is 0.874 bits per heavy atom. The second kappa shape index (κ2) is 59.1. The summed E-state index contributed by atoms with van der Waals surface area (Å²) in [6.07, 6.45) is 41.8. The van der Waals surface area contributed by atoms with Gasteiger partial charge in [0, 0.05) is 25.7 Å². The molecule has 0 aliphatic carbocycles. The van der Waals surface area contributed by atoms with E-state index >= 15 is 0 Å². The lowest BCUT2D eigenvalue weighted by atomic mass is 10.00. The summed E-state index contributed by atoms with van der Waals surface area (Å²) >= 11 is 0. The maximum Gasteiger partial charge on any atom is 0.472 e. The number of aliphatic hydroxyl groups is 1. The van der Waals surface area contributed by atoms with Crippen molar-refractivity contribution in [2.24, 2.45) is 17.8 Å². The van der Waals surface area contributed by atoms with E-state index in [4.69, 9.17) is 37.0 Å². The van der Waals surface area contributed by atoms with Crippen molar-refractivity contribution in [1.29, 1.82) is 0 Å². The molecule has 0 amide bonds. The van der Waals surface area contributed by atoms with E-state index in [9.17, 15) is 43.2 Å². The first-order valence-corrected chi connectivity index (χ1v) is 38.4. The molecule has 0 aromatic heterocycles. The number of phosphoric ester groups is 2. The predicted molar refractivity (Wildman–Crippen MR) is 349 cm³/mol. The first kappa shape index (κ1) is 85.1. The minimum Gasteiger partial charge on any atom is -0.462 e. The topological polar surface area (TPSA) is 237 Å². The standard InChI is InChI=1S/C68H132O17P2/c1-8-10-11-12-13-14-15-16-17-18-19-22-28-37-44-51-67(72)84-63(55-78-65(70)49-42-35-27-23-20-21-25-32-39-46-59(3)4)57-82-86(74,75)80-53-62(69)54-81-87(76,77)83-58-64(85-68(73)52-45-38-29-24-26-33-40-47-60(5)6)56-79-66(71)50-43-36-31-30-34-41-48-61(7)9-2/h59-64,69H,8-58H2,1-7H3,(H,74,75)(H,76,77)/t61?,62-,63-,64-/m1/s1. The van der Waals surface area contributed by atoms with Crippen LogP contribution < -0.4 is 0 Å². The zero-order valence-electron chi connectivity index (χ0n) is 56.5. The van der Waals surface area contributed by atoms with Crippen LogP contribution >= 0.6 is 15.6 Å². The highest BCUT2D eigenvalue weighted by Gasteiger charge is 2.30. The van der Waals surface area contributed by atoms with Crippen LogP contribution in [0.4, 0.5) is 0 Å². The summed E-state index contributed by atoms with van der Waals surface area (Å²) < 4.78 is 68.2. The molecule has 3 unspecified atom stereocenters. The van der Waals surface area contributed by atoms with Crippen LogP contribution in [0.1, 0.15) is 337 Å². The Kier molecular flexibility index (Phi) is 57.8. The van der Waals surface area contributed by atoms with E-state index in [2.05, 4.69) is 48.5 Å². The molecule has 0 rings (SSSR count). The lowest BCUT2D eigenvalue weighted by Crippen LogP contribution is -2.30. The first-order chi connectivity index (χ1) is 41.8. The Morgan fingerprint density at radius 2 is 0.586 bits per heavy atom. The van der Waals surface area contributed by atoms with Gasteiger partial charge in [0.25, 0.3) is 0 Å². The van der Waals surface area contributed by atoms with E-state index in [0.29, 0.717) is 31.6 Å². The van der Waals surface area contributed by atoms with E-state index in [-0.39, 0.29) is 25.7 Å². The van der Waals surface area contributed by atoms with Gasteiger partial charge in [-0.2, -0.15) is 0 Å². The van der Waals surface area contributed by atoms with Crippen LogP contribution in [0.2, 0.25) is 0 Å². The van der Waals surface area contributed by atoms with Gasteiger partial charge in [0.1, 0.15) is 19.3 Å². The fraction of sp³-hybridized carbons (Fsp3) is 0.941. The quantitative estimate of drug-likeness (QED) is 0.0222. The molecule has 3 N–H and O–H groups in total. The van der Waals surface area contributed by atoms with Gasteiger partial charge in [-0.25, -0.2) is 9.13 Å². The molecule has 87 heavy (non-hydrogen) atoms. The summed E-state index contributed by atoms with van der Waals surface area (Å²) in [4.78, 5) is 72.4. The van der Waals surface area contributed by atoms with Crippen molar-refractivity contribution in [2.75, 3.05) is 39.6 Å².